The van der Waals surface area contributed by atoms with Crippen molar-refractivity contribution in [3.05, 3.63) is 35.1 Å². The van der Waals surface area contributed by atoms with Crippen LogP contribution in [-0.2, 0) is 13.1 Å². The first-order valence-electron chi connectivity index (χ1n) is 5.34. The minimum atomic E-state index is -0.201. The van der Waals surface area contributed by atoms with E-state index in [9.17, 15) is 4.39 Å². The third-order valence-corrected chi connectivity index (χ3v) is 2.50. The van der Waals surface area contributed by atoms with E-state index in [1.807, 2.05) is 11.8 Å². The molecule has 0 bridgehead atoms. The highest BCUT2D eigenvalue weighted by molar-refractivity contribution is 5.25. The predicted octanol–water partition coefficient (Wildman–Crippen LogP) is 1.74. The van der Waals surface area contributed by atoms with Gasteiger partial charge in [0.25, 0.3) is 0 Å². The van der Waals surface area contributed by atoms with E-state index in [1.165, 1.54) is 6.07 Å². The summed E-state index contributed by atoms with van der Waals surface area (Å²) in [7, 11) is 0. The average Bonchev–Trinajstić information content (AvgIpc) is 2.31. The molecular weight excluding hydrogens is 203 g/mol. The molecule has 0 radical (unpaired) electrons. The van der Waals surface area contributed by atoms with E-state index in [4.69, 9.17) is 12.2 Å². The Bertz CT molecular complexity index is 382. The van der Waals surface area contributed by atoms with Crippen LogP contribution < -0.4 is 5.73 Å². The Morgan fingerprint density at radius 1 is 1.50 bits per heavy atom. The SMILES string of the molecule is C#CCN(CC)Cc1cc(CN)ccc1F. The Kier molecular flexibility index (Phi) is 4.97. The Hall–Kier alpha value is -1.37. The van der Waals surface area contributed by atoms with Gasteiger partial charge in [0.15, 0.2) is 0 Å². The van der Waals surface area contributed by atoms with Gasteiger partial charge in [0.2, 0.25) is 0 Å². The first kappa shape index (κ1) is 12.7. The lowest BCUT2D eigenvalue weighted by Crippen LogP contribution is -2.23. The lowest BCUT2D eigenvalue weighted by Gasteiger charge is -2.18. The molecule has 0 aromatic heterocycles. The molecule has 0 aliphatic heterocycles. The van der Waals surface area contributed by atoms with E-state index < -0.39 is 0 Å². The number of hydrogen-bond donors (Lipinski definition) is 1. The van der Waals surface area contributed by atoms with Crippen LogP contribution in [0.4, 0.5) is 4.39 Å². The molecular formula is C13H17FN2. The van der Waals surface area contributed by atoms with Crippen molar-refractivity contribution in [2.45, 2.75) is 20.0 Å². The summed E-state index contributed by atoms with van der Waals surface area (Å²) in [5, 5.41) is 0. The maximum absolute atomic E-state index is 13.5. The lowest BCUT2D eigenvalue weighted by atomic mass is 10.1. The van der Waals surface area contributed by atoms with Crippen LogP contribution in [-0.4, -0.2) is 18.0 Å². The minimum Gasteiger partial charge on any atom is -0.326 e. The monoisotopic (exact) mass is 220 g/mol. The van der Waals surface area contributed by atoms with Crippen molar-refractivity contribution in [3.8, 4) is 12.3 Å². The van der Waals surface area contributed by atoms with Gasteiger partial charge in [-0.05, 0) is 18.2 Å². The Morgan fingerprint density at radius 3 is 2.81 bits per heavy atom. The van der Waals surface area contributed by atoms with Gasteiger partial charge in [0.1, 0.15) is 5.82 Å². The minimum absolute atomic E-state index is 0.201. The molecule has 2 N–H and O–H groups in total. The van der Waals surface area contributed by atoms with Gasteiger partial charge in [-0.15, -0.1) is 6.42 Å². The molecule has 0 amide bonds. The average molecular weight is 220 g/mol. The van der Waals surface area contributed by atoms with Crippen LogP contribution in [0.1, 0.15) is 18.1 Å². The Labute approximate surface area is 96.3 Å². The number of nitrogens with zero attached hydrogens (tertiary/aromatic N) is 1. The van der Waals surface area contributed by atoms with Crippen molar-refractivity contribution in [1.82, 2.24) is 4.90 Å². The fourth-order valence-corrected chi connectivity index (χ4v) is 1.53. The molecule has 1 aromatic carbocycles. The topological polar surface area (TPSA) is 29.3 Å². The van der Waals surface area contributed by atoms with Gasteiger partial charge in [0.05, 0.1) is 6.54 Å². The number of halogens is 1. The highest BCUT2D eigenvalue weighted by Crippen LogP contribution is 2.12. The zero-order chi connectivity index (χ0) is 12.0. The largest absolute Gasteiger partial charge is 0.326 e. The molecule has 0 fully saturated rings. The molecule has 0 aliphatic rings. The number of terminal acetylenes is 1. The maximum atomic E-state index is 13.5. The van der Waals surface area contributed by atoms with Crippen LogP contribution in [0.25, 0.3) is 0 Å². The summed E-state index contributed by atoms with van der Waals surface area (Å²) in [5.41, 5.74) is 7.11. The lowest BCUT2D eigenvalue weighted by molar-refractivity contribution is 0.310. The van der Waals surface area contributed by atoms with Gasteiger partial charge in [-0.25, -0.2) is 4.39 Å². The molecule has 2 nitrogen and oxygen atoms in total. The molecule has 86 valence electrons. The molecule has 0 unspecified atom stereocenters. The van der Waals surface area contributed by atoms with Crippen molar-refractivity contribution in [2.24, 2.45) is 5.73 Å². The zero-order valence-corrected chi connectivity index (χ0v) is 9.54. The van der Waals surface area contributed by atoms with Crippen molar-refractivity contribution in [3.63, 3.8) is 0 Å². The standard InChI is InChI=1S/C13H17FN2/c1-3-7-16(4-2)10-12-8-11(9-15)5-6-13(12)14/h1,5-6,8H,4,7,9-10,15H2,2H3. The second-order valence-electron chi connectivity index (χ2n) is 3.64. The molecule has 0 saturated carbocycles. The third-order valence-electron chi connectivity index (χ3n) is 2.50. The summed E-state index contributed by atoms with van der Waals surface area (Å²) >= 11 is 0. The smallest absolute Gasteiger partial charge is 0.127 e. The Morgan fingerprint density at radius 2 is 2.25 bits per heavy atom. The molecule has 0 heterocycles. The van der Waals surface area contributed by atoms with Gasteiger partial charge >= 0.3 is 0 Å². The summed E-state index contributed by atoms with van der Waals surface area (Å²) in [6, 6.07) is 4.96. The summed E-state index contributed by atoms with van der Waals surface area (Å²) in [6.07, 6.45) is 5.25. The van der Waals surface area contributed by atoms with Crippen LogP contribution >= 0.6 is 0 Å². The van der Waals surface area contributed by atoms with Gasteiger partial charge in [0, 0.05) is 18.7 Å². The van der Waals surface area contributed by atoms with Crippen molar-refractivity contribution >= 4 is 0 Å². The highest BCUT2D eigenvalue weighted by Gasteiger charge is 2.07. The van der Waals surface area contributed by atoms with Gasteiger partial charge in [-0.2, -0.15) is 0 Å². The molecule has 1 aromatic rings. The van der Waals surface area contributed by atoms with Crippen molar-refractivity contribution < 1.29 is 4.39 Å². The zero-order valence-electron chi connectivity index (χ0n) is 9.54. The second kappa shape index (κ2) is 6.26. The molecule has 1 rings (SSSR count). The highest BCUT2D eigenvalue weighted by atomic mass is 19.1. The van der Waals surface area contributed by atoms with E-state index in [0.717, 1.165) is 12.1 Å². The van der Waals surface area contributed by atoms with E-state index in [1.54, 1.807) is 12.1 Å². The number of nitrogens with two attached hydrogens (primary N) is 1. The van der Waals surface area contributed by atoms with Gasteiger partial charge < -0.3 is 5.73 Å². The molecule has 0 saturated heterocycles. The number of hydrogen-bond acceptors (Lipinski definition) is 2. The van der Waals surface area contributed by atoms with Crippen LogP contribution in [0.2, 0.25) is 0 Å². The van der Waals surface area contributed by atoms with Crippen LogP contribution in [0.5, 0.6) is 0 Å². The quantitative estimate of drug-likeness (QED) is 0.766. The fourth-order valence-electron chi connectivity index (χ4n) is 1.53. The molecule has 0 atom stereocenters. The van der Waals surface area contributed by atoms with Gasteiger partial charge in [-0.1, -0.05) is 25.0 Å². The summed E-state index contributed by atoms with van der Waals surface area (Å²) in [6.45, 7) is 4.29. The predicted molar refractivity (Wildman–Crippen MR) is 64.1 cm³/mol. The molecule has 0 aliphatic carbocycles. The summed E-state index contributed by atoms with van der Waals surface area (Å²) in [5.74, 6) is 2.36. The number of benzene rings is 1. The molecule has 3 heteroatoms. The summed E-state index contributed by atoms with van der Waals surface area (Å²) in [4.78, 5) is 2.00. The van der Waals surface area contributed by atoms with Crippen molar-refractivity contribution in [1.29, 1.82) is 0 Å². The van der Waals surface area contributed by atoms with Crippen LogP contribution in [0, 0.1) is 18.2 Å². The number of rotatable bonds is 5. The van der Waals surface area contributed by atoms with E-state index in [0.29, 0.717) is 25.2 Å². The first-order valence-corrected chi connectivity index (χ1v) is 5.34. The second-order valence-corrected chi connectivity index (χ2v) is 3.64. The van der Waals surface area contributed by atoms with E-state index in [-0.39, 0.29) is 5.82 Å². The maximum Gasteiger partial charge on any atom is 0.127 e. The van der Waals surface area contributed by atoms with Crippen LogP contribution in [0.15, 0.2) is 18.2 Å². The molecule has 0 spiro atoms. The van der Waals surface area contributed by atoms with Crippen molar-refractivity contribution in [2.75, 3.05) is 13.1 Å². The van der Waals surface area contributed by atoms with E-state index >= 15 is 0 Å². The van der Waals surface area contributed by atoms with E-state index in [2.05, 4.69) is 5.92 Å². The first-order chi connectivity index (χ1) is 7.71. The fraction of sp³-hybridized carbons (Fsp3) is 0.385. The normalized spacial score (nSPS) is 10.4. The molecule has 16 heavy (non-hydrogen) atoms. The third kappa shape index (κ3) is 3.34. The van der Waals surface area contributed by atoms with Gasteiger partial charge in [-0.3, -0.25) is 4.90 Å². The van der Waals surface area contributed by atoms with Crippen LogP contribution in [0.3, 0.4) is 0 Å². The summed E-state index contributed by atoms with van der Waals surface area (Å²) < 4.78 is 13.5. The Balaban J connectivity index is 2.82.